The van der Waals surface area contributed by atoms with Crippen molar-refractivity contribution < 1.29 is 19.4 Å². The Morgan fingerprint density at radius 2 is 1.85 bits per heavy atom. The van der Waals surface area contributed by atoms with Crippen molar-refractivity contribution in [2.24, 2.45) is 0 Å². The minimum atomic E-state index is -0.675. The number of amides is 1. The third-order valence-corrected chi connectivity index (χ3v) is 4.34. The molecule has 2 atom stereocenters. The lowest BCUT2D eigenvalue weighted by Gasteiger charge is -2.18. The zero-order valence-corrected chi connectivity index (χ0v) is 16.4. The first-order valence-electron chi connectivity index (χ1n) is 8.61. The summed E-state index contributed by atoms with van der Waals surface area (Å²) in [4.78, 5) is 12.3. The fraction of sp³-hybridized carbons (Fsp3) is 0.350. The summed E-state index contributed by atoms with van der Waals surface area (Å²) in [6.45, 7) is 2.22. The van der Waals surface area contributed by atoms with Gasteiger partial charge in [0.2, 0.25) is 5.91 Å². The second-order valence-electron chi connectivity index (χ2n) is 6.20. The first kappa shape index (κ1) is 21.0. The lowest BCUT2D eigenvalue weighted by molar-refractivity contribution is -0.116. The van der Waals surface area contributed by atoms with Crippen LogP contribution in [0.3, 0.4) is 0 Å². The third kappa shape index (κ3) is 6.43. The molecule has 3 N–H and O–H groups in total. The van der Waals surface area contributed by atoms with Gasteiger partial charge < -0.3 is 25.2 Å². The van der Waals surface area contributed by atoms with Gasteiger partial charge in [0, 0.05) is 30.1 Å². The summed E-state index contributed by atoms with van der Waals surface area (Å²) in [5, 5.41) is 16.8. The van der Waals surface area contributed by atoms with E-state index in [0.29, 0.717) is 28.8 Å². The van der Waals surface area contributed by atoms with Crippen LogP contribution in [0, 0.1) is 0 Å². The van der Waals surface area contributed by atoms with Gasteiger partial charge in [-0.2, -0.15) is 0 Å². The minimum absolute atomic E-state index is 0.122. The number of anilines is 1. The van der Waals surface area contributed by atoms with Crippen LogP contribution in [0.4, 0.5) is 5.69 Å². The molecule has 0 fully saturated rings. The molecule has 2 unspecified atom stereocenters. The highest BCUT2D eigenvalue weighted by atomic mass is 35.5. The lowest BCUT2D eigenvalue weighted by Crippen LogP contribution is -2.33. The molecular weight excluding hydrogens is 368 g/mol. The van der Waals surface area contributed by atoms with Gasteiger partial charge in [-0.25, -0.2) is 0 Å². The Kier molecular flexibility index (Phi) is 7.91. The summed E-state index contributed by atoms with van der Waals surface area (Å²) >= 11 is 5.85. The molecule has 0 saturated heterocycles. The van der Waals surface area contributed by atoms with Crippen LogP contribution in [0.15, 0.2) is 42.5 Å². The number of ether oxygens (including phenoxy) is 2. The maximum absolute atomic E-state index is 12.3. The number of rotatable bonds is 9. The summed E-state index contributed by atoms with van der Waals surface area (Å²) in [7, 11) is 3.10. The molecule has 0 spiro atoms. The summed E-state index contributed by atoms with van der Waals surface area (Å²) in [5.74, 6) is 1.02. The van der Waals surface area contributed by atoms with Gasteiger partial charge in [-0.05, 0) is 36.8 Å². The summed E-state index contributed by atoms with van der Waals surface area (Å²) in [5.41, 5.74) is 1.32. The number of nitrogens with one attached hydrogen (secondary N) is 2. The molecule has 0 aromatic heterocycles. The number of aliphatic hydroxyl groups is 1. The van der Waals surface area contributed by atoms with Crippen molar-refractivity contribution >= 4 is 23.2 Å². The first-order chi connectivity index (χ1) is 12.9. The van der Waals surface area contributed by atoms with E-state index in [1.54, 1.807) is 56.7 Å². The van der Waals surface area contributed by atoms with Gasteiger partial charge in [0.05, 0.1) is 26.0 Å². The highest BCUT2D eigenvalue weighted by Crippen LogP contribution is 2.29. The Labute approximate surface area is 164 Å². The molecule has 7 heteroatoms. The number of aliphatic hydroxyl groups excluding tert-OH is 1. The van der Waals surface area contributed by atoms with E-state index in [4.69, 9.17) is 21.1 Å². The second-order valence-corrected chi connectivity index (χ2v) is 6.63. The maximum Gasteiger partial charge on any atom is 0.226 e. The summed E-state index contributed by atoms with van der Waals surface area (Å²) < 4.78 is 10.4. The Balaban J connectivity index is 1.85. The van der Waals surface area contributed by atoms with E-state index in [9.17, 15) is 9.90 Å². The average Bonchev–Trinajstić information content (AvgIpc) is 2.66. The summed E-state index contributed by atoms with van der Waals surface area (Å²) in [6, 6.07) is 12.1. The first-order valence-corrected chi connectivity index (χ1v) is 8.99. The van der Waals surface area contributed by atoms with Crippen LogP contribution in [0.5, 0.6) is 11.5 Å². The predicted molar refractivity (Wildman–Crippen MR) is 107 cm³/mol. The monoisotopic (exact) mass is 392 g/mol. The number of hydrogen-bond donors (Lipinski definition) is 3. The molecule has 0 bridgehead atoms. The molecule has 6 nitrogen and oxygen atoms in total. The van der Waals surface area contributed by atoms with E-state index in [2.05, 4.69) is 10.6 Å². The molecule has 0 saturated carbocycles. The molecule has 0 aliphatic heterocycles. The van der Waals surface area contributed by atoms with Gasteiger partial charge in [0.25, 0.3) is 0 Å². The third-order valence-electron chi connectivity index (χ3n) is 4.09. The van der Waals surface area contributed by atoms with Crippen molar-refractivity contribution in [1.29, 1.82) is 0 Å². The Bertz CT molecular complexity index is 752. The fourth-order valence-electron chi connectivity index (χ4n) is 2.58. The number of halogens is 1. The van der Waals surface area contributed by atoms with Gasteiger partial charge >= 0.3 is 0 Å². The topological polar surface area (TPSA) is 79.8 Å². The van der Waals surface area contributed by atoms with Gasteiger partial charge in [0.1, 0.15) is 11.5 Å². The number of methoxy groups -OCH3 is 2. The zero-order valence-electron chi connectivity index (χ0n) is 15.7. The van der Waals surface area contributed by atoms with Crippen molar-refractivity contribution in [2.75, 3.05) is 26.1 Å². The molecule has 2 aromatic carbocycles. The van der Waals surface area contributed by atoms with Gasteiger partial charge in [0.15, 0.2) is 0 Å². The van der Waals surface area contributed by atoms with Crippen molar-refractivity contribution in [3.05, 3.63) is 53.1 Å². The SMILES string of the molecule is COc1ccc(OC)c(NC(=O)CC(C)NCC(O)c2ccc(Cl)cc2)c1. The van der Waals surface area contributed by atoms with Crippen LogP contribution < -0.4 is 20.1 Å². The van der Waals surface area contributed by atoms with E-state index in [0.717, 1.165) is 5.56 Å². The molecule has 0 aliphatic rings. The number of carbonyl (C=O) groups is 1. The van der Waals surface area contributed by atoms with E-state index in [1.165, 1.54) is 0 Å². The van der Waals surface area contributed by atoms with E-state index >= 15 is 0 Å². The van der Waals surface area contributed by atoms with Gasteiger partial charge in [-0.15, -0.1) is 0 Å². The highest BCUT2D eigenvalue weighted by Gasteiger charge is 2.14. The van der Waals surface area contributed by atoms with Crippen LogP contribution in [-0.4, -0.2) is 37.8 Å². The van der Waals surface area contributed by atoms with Crippen molar-refractivity contribution in [3.63, 3.8) is 0 Å². The van der Waals surface area contributed by atoms with Gasteiger partial charge in [-0.1, -0.05) is 23.7 Å². The smallest absolute Gasteiger partial charge is 0.226 e. The summed E-state index contributed by atoms with van der Waals surface area (Å²) in [6.07, 6.45) is -0.431. The minimum Gasteiger partial charge on any atom is -0.497 e. The molecule has 0 aliphatic carbocycles. The standard InChI is InChI=1S/C20H25ClN2O4/c1-13(22-12-18(24)14-4-6-15(21)7-5-14)10-20(25)23-17-11-16(26-2)8-9-19(17)27-3/h4-9,11,13,18,22,24H,10,12H2,1-3H3,(H,23,25). The van der Waals surface area contributed by atoms with E-state index in [-0.39, 0.29) is 18.4 Å². The van der Waals surface area contributed by atoms with Crippen LogP contribution in [0.2, 0.25) is 5.02 Å². The van der Waals surface area contributed by atoms with E-state index in [1.807, 2.05) is 6.92 Å². The number of carbonyl (C=O) groups excluding carboxylic acids is 1. The average molecular weight is 393 g/mol. The second kappa shape index (κ2) is 10.2. The largest absolute Gasteiger partial charge is 0.497 e. The van der Waals surface area contributed by atoms with Crippen LogP contribution in [-0.2, 0) is 4.79 Å². The van der Waals surface area contributed by atoms with Crippen molar-refractivity contribution in [2.45, 2.75) is 25.5 Å². The predicted octanol–water partition coefficient (Wildman–Crippen LogP) is 3.40. The van der Waals surface area contributed by atoms with Gasteiger partial charge in [-0.3, -0.25) is 4.79 Å². The zero-order chi connectivity index (χ0) is 19.8. The van der Waals surface area contributed by atoms with Crippen molar-refractivity contribution in [3.8, 4) is 11.5 Å². The molecule has 146 valence electrons. The normalized spacial score (nSPS) is 12.9. The lowest BCUT2D eigenvalue weighted by atomic mass is 10.1. The van der Waals surface area contributed by atoms with Crippen LogP contribution >= 0.6 is 11.6 Å². The quantitative estimate of drug-likeness (QED) is 0.609. The maximum atomic E-state index is 12.3. The molecule has 2 rings (SSSR count). The Hall–Kier alpha value is -2.28. The molecule has 0 heterocycles. The highest BCUT2D eigenvalue weighted by molar-refractivity contribution is 6.30. The molecule has 1 amide bonds. The number of hydrogen-bond acceptors (Lipinski definition) is 5. The Morgan fingerprint density at radius 1 is 1.15 bits per heavy atom. The van der Waals surface area contributed by atoms with Crippen LogP contribution in [0.25, 0.3) is 0 Å². The Morgan fingerprint density at radius 3 is 2.48 bits per heavy atom. The van der Waals surface area contributed by atoms with Crippen LogP contribution in [0.1, 0.15) is 25.0 Å². The molecule has 0 radical (unpaired) electrons. The fourth-order valence-corrected chi connectivity index (χ4v) is 2.70. The molecular formula is C20H25ClN2O4. The molecule has 27 heavy (non-hydrogen) atoms. The number of benzene rings is 2. The van der Waals surface area contributed by atoms with E-state index < -0.39 is 6.10 Å². The van der Waals surface area contributed by atoms with Crippen molar-refractivity contribution in [1.82, 2.24) is 5.32 Å². The molecule has 2 aromatic rings.